The lowest BCUT2D eigenvalue weighted by molar-refractivity contribution is -0.115. The van der Waals surface area contributed by atoms with Crippen LogP contribution in [0.2, 0.25) is 0 Å². The van der Waals surface area contributed by atoms with E-state index in [0.717, 1.165) is 16.3 Å². The van der Waals surface area contributed by atoms with Crippen LogP contribution in [0.3, 0.4) is 0 Å². The van der Waals surface area contributed by atoms with Gasteiger partial charge in [0.15, 0.2) is 5.11 Å². The quantitative estimate of drug-likeness (QED) is 0.450. The number of hydrogen-bond acceptors (Lipinski definition) is 3. The summed E-state index contributed by atoms with van der Waals surface area (Å²) in [6.45, 7) is 0.618. The zero-order valence-electron chi connectivity index (χ0n) is 12.1. The first-order valence-corrected chi connectivity index (χ1v) is 7.47. The number of aliphatic hydroxyl groups is 1. The van der Waals surface area contributed by atoms with Crippen LogP contribution in [0, 0.1) is 0 Å². The van der Waals surface area contributed by atoms with Crippen LogP contribution < -0.4 is 10.6 Å². The summed E-state index contributed by atoms with van der Waals surface area (Å²) < 4.78 is 0. The largest absolute Gasteiger partial charge is 0.396 e. The normalized spacial score (nSPS) is 10.8. The van der Waals surface area contributed by atoms with Crippen LogP contribution in [0.15, 0.2) is 48.5 Å². The van der Waals surface area contributed by atoms with Gasteiger partial charge in [-0.1, -0.05) is 42.5 Å². The molecule has 5 heteroatoms. The summed E-state index contributed by atoms with van der Waals surface area (Å²) in [5, 5.41) is 16.6. The highest BCUT2D eigenvalue weighted by atomic mass is 32.1. The molecule has 0 saturated carbocycles. The van der Waals surface area contributed by atoms with Crippen LogP contribution in [0.5, 0.6) is 0 Å². The van der Waals surface area contributed by atoms with Gasteiger partial charge in [-0.25, -0.2) is 0 Å². The highest BCUT2D eigenvalue weighted by Gasteiger charge is 2.01. The Morgan fingerprint density at radius 3 is 2.77 bits per heavy atom. The number of aliphatic hydroxyl groups excluding tert-OH is 1. The number of thiocarbonyl (C=S) groups is 1. The minimum atomic E-state index is -0.283. The Hall–Kier alpha value is -2.24. The third-order valence-corrected chi connectivity index (χ3v) is 3.34. The minimum Gasteiger partial charge on any atom is -0.396 e. The topological polar surface area (TPSA) is 61.4 Å². The molecule has 3 N–H and O–H groups in total. The molecule has 2 rings (SSSR count). The van der Waals surface area contributed by atoms with Crippen molar-refractivity contribution in [3.63, 3.8) is 0 Å². The van der Waals surface area contributed by atoms with Crippen molar-refractivity contribution in [2.45, 2.75) is 6.42 Å². The number of fused-ring (bicyclic) bond motifs is 1. The van der Waals surface area contributed by atoms with E-state index in [4.69, 9.17) is 17.3 Å². The monoisotopic (exact) mass is 314 g/mol. The van der Waals surface area contributed by atoms with E-state index < -0.39 is 0 Å². The van der Waals surface area contributed by atoms with Crippen molar-refractivity contribution in [1.82, 2.24) is 10.6 Å². The number of rotatable bonds is 5. The van der Waals surface area contributed by atoms with Gasteiger partial charge in [0.05, 0.1) is 0 Å². The third-order valence-electron chi connectivity index (χ3n) is 3.09. The lowest BCUT2D eigenvalue weighted by Gasteiger charge is -2.06. The Balaban J connectivity index is 1.98. The fourth-order valence-corrected chi connectivity index (χ4v) is 2.24. The van der Waals surface area contributed by atoms with Gasteiger partial charge in [-0.15, -0.1) is 0 Å². The molecule has 0 aliphatic carbocycles. The van der Waals surface area contributed by atoms with Gasteiger partial charge in [0.25, 0.3) is 0 Å². The summed E-state index contributed by atoms with van der Waals surface area (Å²) in [5.41, 5.74) is 0.979. The SMILES string of the molecule is O=C(/C=C/c1cccc2ccccc12)NC(=S)NCCCO. The second kappa shape index (κ2) is 8.26. The maximum atomic E-state index is 11.8. The van der Waals surface area contributed by atoms with E-state index in [2.05, 4.69) is 10.6 Å². The third kappa shape index (κ3) is 4.65. The summed E-state index contributed by atoms with van der Waals surface area (Å²) >= 11 is 4.99. The average molecular weight is 314 g/mol. The van der Waals surface area contributed by atoms with Crippen molar-refractivity contribution in [2.75, 3.05) is 13.2 Å². The molecule has 0 spiro atoms. The number of nitrogens with one attached hydrogen (secondary N) is 2. The zero-order chi connectivity index (χ0) is 15.8. The van der Waals surface area contributed by atoms with Crippen LogP contribution in [0.25, 0.3) is 16.8 Å². The molecule has 114 valence electrons. The van der Waals surface area contributed by atoms with Crippen molar-refractivity contribution in [3.05, 3.63) is 54.1 Å². The molecule has 0 fully saturated rings. The first kappa shape index (κ1) is 16.1. The van der Waals surface area contributed by atoms with Crippen molar-refractivity contribution >= 4 is 40.1 Å². The van der Waals surface area contributed by atoms with E-state index in [1.165, 1.54) is 6.08 Å². The Bertz CT molecular complexity index is 693. The van der Waals surface area contributed by atoms with Gasteiger partial charge in [0.2, 0.25) is 5.91 Å². The summed E-state index contributed by atoms with van der Waals surface area (Å²) in [5.74, 6) is -0.283. The molecule has 0 unspecified atom stereocenters. The standard InChI is InChI=1S/C17H18N2O2S/c20-12-4-11-18-17(22)19-16(21)10-9-14-7-3-6-13-5-1-2-8-15(13)14/h1-3,5-10,20H,4,11-12H2,(H2,18,19,21,22)/b10-9+. The maximum absolute atomic E-state index is 11.8. The Kier molecular flexibility index (Phi) is 6.06. The van der Waals surface area contributed by atoms with Crippen LogP contribution in [0.4, 0.5) is 0 Å². The Labute approximate surface area is 134 Å². The second-order valence-corrected chi connectivity index (χ2v) is 5.13. The van der Waals surface area contributed by atoms with Crippen LogP contribution >= 0.6 is 12.2 Å². The molecule has 0 heterocycles. The molecule has 4 nitrogen and oxygen atoms in total. The minimum absolute atomic E-state index is 0.0878. The van der Waals surface area contributed by atoms with Gasteiger partial charge in [0.1, 0.15) is 0 Å². The lowest BCUT2D eigenvalue weighted by Crippen LogP contribution is -2.38. The summed E-state index contributed by atoms with van der Waals surface area (Å²) in [4.78, 5) is 11.8. The molecular formula is C17H18N2O2S. The van der Waals surface area contributed by atoms with Crippen molar-refractivity contribution in [3.8, 4) is 0 Å². The summed E-state index contributed by atoms with van der Waals surface area (Å²) in [6, 6.07) is 14.0. The highest BCUT2D eigenvalue weighted by Crippen LogP contribution is 2.19. The van der Waals surface area contributed by atoms with Gasteiger partial charge in [-0.3, -0.25) is 10.1 Å². The van der Waals surface area contributed by atoms with E-state index in [1.54, 1.807) is 6.08 Å². The fourth-order valence-electron chi connectivity index (χ4n) is 2.04. The van der Waals surface area contributed by atoms with E-state index in [-0.39, 0.29) is 17.6 Å². The summed E-state index contributed by atoms with van der Waals surface area (Å²) in [6.07, 6.45) is 3.82. The zero-order valence-corrected chi connectivity index (χ0v) is 12.9. The van der Waals surface area contributed by atoms with Crippen molar-refractivity contribution in [1.29, 1.82) is 0 Å². The number of hydrogen-bond donors (Lipinski definition) is 3. The van der Waals surface area contributed by atoms with Crippen LogP contribution in [-0.2, 0) is 4.79 Å². The Morgan fingerprint density at radius 1 is 1.18 bits per heavy atom. The molecule has 0 atom stereocenters. The number of carbonyl (C=O) groups excluding carboxylic acids is 1. The first-order chi connectivity index (χ1) is 10.7. The molecule has 0 bridgehead atoms. The van der Waals surface area contributed by atoms with E-state index in [9.17, 15) is 4.79 Å². The predicted octanol–water partition coefficient (Wildman–Crippen LogP) is 2.23. The van der Waals surface area contributed by atoms with Gasteiger partial charge < -0.3 is 10.4 Å². The maximum Gasteiger partial charge on any atom is 0.250 e. The van der Waals surface area contributed by atoms with Crippen molar-refractivity contribution < 1.29 is 9.90 Å². The molecule has 0 saturated heterocycles. The van der Waals surface area contributed by atoms with Gasteiger partial charge in [0, 0.05) is 19.2 Å². The van der Waals surface area contributed by atoms with Gasteiger partial charge >= 0.3 is 0 Å². The number of benzene rings is 2. The molecule has 0 aliphatic rings. The molecular weight excluding hydrogens is 296 g/mol. The van der Waals surface area contributed by atoms with Crippen LogP contribution in [0.1, 0.15) is 12.0 Å². The molecule has 1 amide bonds. The fraction of sp³-hybridized carbons (Fsp3) is 0.176. The van der Waals surface area contributed by atoms with E-state index in [0.29, 0.717) is 13.0 Å². The molecule has 2 aromatic carbocycles. The Morgan fingerprint density at radius 2 is 1.95 bits per heavy atom. The number of amides is 1. The van der Waals surface area contributed by atoms with Gasteiger partial charge in [-0.05, 0) is 41.1 Å². The van der Waals surface area contributed by atoms with Crippen molar-refractivity contribution in [2.24, 2.45) is 0 Å². The molecule has 2 aromatic rings. The average Bonchev–Trinajstić information content (AvgIpc) is 2.53. The predicted molar refractivity (Wildman–Crippen MR) is 93.4 cm³/mol. The van der Waals surface area contributed by atoms with E-state index in [1.807, 2.05) is 42.5 Å². The van der Waals surface area contributed by atoms with E-state index >= 15 is 0 Å². The van der Waals surface area contributed by atoms with Crippen LogP contribution in [-0.4, -0.2) is 29.3 Å². The smallest absolute Gasteiger partial charge is 0.250 e. The number of carbonyl (C=O) groups is 1. The molecule has 22 heavy (non-hydrogen) atoms. The lowest BCUT2D eigenvalue weighted by atomic mass is 10.0. The van der Waals surface area contributed by atoms with Gasteiger partial charge in [-0.2, -0.15) is 0 Å². The molecule has 0 aliphatic heterocycles. The second-order valence-electron chi connectivity index (χ2n) is 4.72. The molecule has 0 radical (unpaired) electrons. The highest BCUT2D eigenvalue weighted by molar-refractivity contribution is 7.80. The summed E-state index contributed by atoms with van der Waals surface area (Å²) in [7, 11) is 0. The molecule has 0 aromatic heterocycles. The first-order valence-electron chi connectivity index (χ1n) is 7.06.